The van der Waals surface area contributed by atoms with Crippen molar-refractivity contribution in [2.45, 2.75) is 19.8 Å². The lowest BCUT2D eigenvalue weighted by atomic mass is 10.0. The summed E-state index contributed by atoms with van der Waals surface area (Å²) in [5, 5.41) is 12.1. The number of hydrogen-bond acceptors (Lipinski definition) is 3. The van der Waals surface area contributed by atoms with Gasteiger partial charge in [-0.15, -0.1) is 0 Å². The van der Waals surface area contributed by atoms with Crippen LogP contribution >= 0.6 is 23.8 Å². The van der Waals surface area contributed by atoms with Crippen molar-refractivity contribution in [2.24, 2.45) is 5.10 Å². The van der Waals surface area contributed by atoms with E-state index in [4.69, 9.17) is 23.8 Å². The van der Waals surface area contributed by atoms with Gasteiger partial charge in [0.25, 0.3) is 0 Å². The van der Waals surface area contributed by atoms with Gasteiger partial charge in [0.05, 0.1) is 11.2 Å². The maximum absolute atomic E-state index is 6.25. The Kier molecular flexibility index (Phi) is 4.92. The molecule has 1 heterocycles. The van der Waals surface area contributed by atoms with E-state index in [2.05, 4.69) is 41.3 Å². The summed E-state index contributed by atoms with van der Waals surface area (Å²) < 4.78 is 1.99. The first-order valence-electron chi connectivity index (χ1n) is 7.63. The second-order valence-electron chi connectivity index (χ2n) is 5.71. The van der Waals surface area contributed by atoms with E-state index in [1.165, 1.54) is 5.56 Å². The predicted octanol–water partition coefficient (Wildman–Crippen LogP) is 5.27. The van der Waals surface area contributed by atoms with Crippen LogP contribution < -0.4 is 0 Å². The Morgan fingerprint density at radius 3 is 2.54 bits per heavy atom. The summed E-state index contributed by atoms with van der Waals surface area (Å²) in [5.74, 6) is 1.09. The van der Waals surface area contributed by atoms with E-state index >= 15 is 0 Å². The Morgan fingerprint density at radius 2 is 1.88 bits per heavy atom. The summed E-state index contributed by atoms with van der Waals surface area (Å²) in [6, 6.07) is 15.8. The molecule has 0 bridgehead atoms. The number of rotatable bonds is 4. The molecule has 0 saturated carbocycles. The Labute approximate surface area is 150 Å². The topological polar surface area (TPSA) is 46.0 Å². The van der Waals surface area contributed by atoms with E-state index in [0.717, 1.165) is 11.1 Å². The summed E-state index contributed by atoms with van der Waals surface area (Å²) in [6.07, 6.45) is 1.76. The van der Waals surface area contributed by atoms with Crippen molar-refractivity contribution in [1.82, 2.24) is 14.9 Å². The summed E-state index contributed by atoms with van der Waals surface area (Å²) in [7, 11) is 0. The Morgan fingerprint density at radius 1 is 1.17 bits per heavy atom. The van der Waals surface area contributed by atoms with Gasteiger partial charge in [0.2, 0.25) is 4.77 Å². The van der Waals surface area contributed by atoms with Crippen LogP contribution in [0.15, 0.2) is 53.6 Å². The van der Waals surface area contributed by atoms with Gasteiger partial charge in [-0.25, -0.2) is 5.10 Å². The lowest BCUT2D eigenvalue weighted by molar-refractivity contribution is 0.865. The van der Waals surface area contributed by atoms with Gasteiger partial charge in [-0.2, -0.15) is 14.9 Å². The van der Waals surface area contributed by atoms with Gasteiger partial charge in [0, 0.05) is 5.56 Å². The fraction of sp³-hybridized carbons (Fsp3) is 0.167. The third-order valence-corrected chi connectivity index (χ3v) is 4.28. The molecule has 2 aromatic carbocycles. The largest absolute Gasteiger partial charge is 0.250 e. The molecule has 0 radical (unpaired) electrons. The Balaban J connectivity index is 1.95. The summed E-state index contributed by atoms with van der Waals surface area (Å²) in [5.41, 5.74) is 3.07. The van der Waals surface area contributed by atoms with E-state index in [0.29, 0.717) is 21.5 Å². The van der Waals surface area contributed by atoms with Crippen molar-refractivity contribution >= 4 is 30.0 Å². The second-order valence-corrected chi connectivity index (χ2v) is 6.50. The molecular weight excluding hydrogens is 340 g/mol. The zero-order chi connectivity index (χ0) is 17.1. The number of aromatic nitrogens is 3. The highest BCUT2D eigenvalue weighted by molar-refractivity contribution is 7.71. The quantitative estimate of drug-likeness (QED) is 0.511. The molecule has 24 heavy (non-hydrogen) atoms. The van der Waals surface area contributed by atoms with Gasteiger partial charge in [-0.3, -0.25) is 0 Å². The molecule has 6 heteroatoms. The smallest absolute Gasteiger partial charge is 0.216 e. The highest BCUT2D eigenvalue weighted by Gasteiger charge is 2.11. The normalized spacial score (nSPS) is 11.5. The Hall–Kier alpha value is -2.24. The van der Waals surface area contributed by atoms with Crippen molar-refractivity contribution in [3.8, 4) is 11.4 Å². The Bertz CT molecular complexity index is 923. The monoisotopic (exact) mass is 356 g/mol. The van der Waals surface area contributed by atoms with Crippen LogP contribution in [0.25, 0.3) is 11.4 Å². The highest BCUT2D eigenvalue weighted by atomic mass is 35.5. The molecule has 0 amide bonds. The van der Waals surface area contributed by atoms with Crippen molar-refractivity contribution in [3.05, 3.63) is 69.5 Å². The van der Waals surface area contributed by atoms with Crippen LogP contribution in [0.1, 0.15) is 30.9 Å². The van der Waals surface area contributed by atoms with Crippen LogP contribution in [-0.4, -0.2) is 21.1 Å². The average molecular weight is 357 g/mol. The first-order chi connectivity index (χ1) is 11.6. The van der Waals surface area contributed by atoms with Gasteiger partial charge in [0.15, 0.2) is 5.82 Å². The van der Waals surface area contributed by atoms with Gasteiger partial charge in [-0.1, -0.05) is 61.8 Å². The van der Waals surface area contributed by atoms with Gasteiger partial charge in [0.1, 0.15) is 0 Å². The van der Waals surface area contributed by atoms with Gasteiger partial charge in [-0.05, 0) is 41.4 Å². The average Bonchev–Trinajstić information content (AvgIpc) is 2.94. The minimum atomic E-state index is 0.417. The maximum Gasteiger partial charge on any atom is 0.216 e. The van der Waals surface area contributed by atoms with E-state index in [1.807, 2.05) is 36.4 Å². The zero-order valence-electron chi connectivity index (χ0n) is 13.4. The summed E-state index contributed by atoms with van der Waals surface area (Å²) >= 11 is 11.5. The molecule has 0 atom stereocenters. The molecule has 122 valence electrons. The van der Waals surface area contributed by atoms with Crippen molar-refractivity contribution in [3.63, 3.8) is 0 Å². The lowest BCUT2D eigenvalue weighted by Crippen LogP contribution is -1.96. The molecule has 0 aliphatic rings. The van der Waals surface area contributed by atoms with Crippen LogP contribution in [0.4, 0.5) is 0 Å². The van der Waals surface area contributed by atoms with E-state index in [-0.39, 0.29) is 0 Å². The summed E-state index contributed by atoms with van der Waals surface area (Å²) in [4.78, 5) is 0. The first-order valence-corrected chi connectivity index (χ1v) is 8.41. The lowest BCUT2D eigenvalue weighted by Gasteiger charge is -2.05. The molecule has 3 aromatic rings. The minimum absolute atomic E-state index is 0.417. The molecule has 1 N–H and O–H groups in total. The molecule has 0 spiro atoms. The maximum atomic E-state index is 6.25. The molecule has 0 aliphatic heterocycles. The van der Waals surface area contributed by atoms with E-state index in [9.17, 15) is 0 Å². The fourth-order valence-electron chi connectivity index (χ4n) is 2.31. The number of nitrogens with one attached hydrogen (secondary N) is 1. The molecule has 0 fully saturated rings. The number of H-pyrrole nitrogens is 1. The van der Waals surface area contributed by atoms with Gasteiger partial charge < -0.3 is 0 Å². The number of halogens is 1. The van der Waals surface area contributed by atoms with Crippen LogP contribution in [0, 0.1) is 4.77 Å². The molecule has 3 rings (SSSR count). The summed E-state index contributed by atoms with van der Waals surface area (Å²) in [6.45, 7) is 4.34. The fourth-order valence-corrected chi connectivity index (χ4v) is 2.71. The number of aromatic amines is 1. The van der Waals surface area contributed by atoms with Crippen LogP contribution in [0.5, 0.6) is 0 Å². The van der Waals surface area contributed by atoms with Crippen LogP contribution in [-0.2, 0) is 0 Å². The van der Waals surface area contributed by atoms with Crippen molar-refractivity contribution in [1.29, 1.82) is 0 Å². The highest BCUT2D eigenvalue weighted by Crippen LogP contribution is 2.25. The van der Waals surface area contributed by atoms with Crippen LogP contribution in [0.3, 0.4) is 0 Å². The second kappa shape index (κ2) is 7.11. The molecule has 0 saturated heterocycles. The zero-order valence-corrected chi connectivity index (χ0v) is 15.0. The standard InChI is InChI=1S/C18H17ClN4S/c1-12(2)14-9-7-13(8-10-14)11-20-23-17(21-22-18(23)24)15-5-3-4-6-16(15)19/h3-12H,1-2H3,(H,22,24). The minimum Gasteiger partial charge on any atom is -0.250 e. The third-order valence-electron chi connectivity index (χ3n) is 3.69. The van der Waals surface area contributed by atoms with Crippen molar-refractivity contribution < 1.29 is 0 Å². The van der Waals surface area contributed by atoms with Gasteiger partial charge >= 0.3 is 0 Å². The SMILES string of the molecule is CC(C)c1ccc(C=Nn2c(-c3ccccc3Cl)n[nH]c2=S)cc1. The number of nitrogens with zero attached hydrogens (tertiary/aromatic N) is 3. The van der Waals surface area contributed by atoms with Crippen molar-refractivity contribution in [2.75, 3.05) is 0 Å². The molecule has 1 aromatic heterocycles. The molecule has 0 unspecified atom stereocenters. The van der Waals surface area contributed by atoms with E-state index in [1.54, 1.807) is 10.9 Å². The third kappa shape index (κ3) is 3.47. The number of benzene rings is 2. The van der Waals surface area contributed by atoms with Crippen LogP contribution in [0.2, 0.25) is 5.02 Å². The number of hydrogen-bond donors (Lipinski definition) is 1. The first kappa shape index (κ1) is 16.6. The molecule has 4 nitrogen and oxygen atoms in total. The predicted molar refractivity (Wildman–Crippen MR) is 101 cm³/mol. The van der Waals surface area contributed by atoms with E-state index < -0.39 is 0 Å². The molecular formula is C18H17ClN4S. The molecule has 0 aliphatic carbocycles.